The second kappa shape index (κ2) is 12.9. The monoisotopic (exact) mass is 528 g/mol. The number of methoxy groups -OCH3 is 1. The zero-order valence-electron chi connectivity index (χ0n) is 23.0. The summed E-state index contributed by atoms with van der Waals surface area (Å²) < 4.78 is 13.8. The molecule has 2 heterocycles. The molecule has 9 heteroatoms. The van der Waals surface area contributed by atoms with E-state index in [1.54, 1.807) is 25.4 Å². The molecule has 0 unspecified atom stereocenters. The zero-order valence-corrected chi connectivity index (χ0v) is 23.0. The molecule has 2 aromatic carbocycles. The largest absolute Gasteiger partial charge is 0.494 e. The first kappa shape index (κ1) is 27.7. The number of carbonyl (C=O) groups is 1. The van der Waals surface area contributed by atoms with E-state index in [2.05, 4.69) is 63.8 Å². The van der Waals surface area contributed by atoms with E-state index < -0.39 is 0 Å². The molecule has 2 aromatic heterocycles. The summed E-state index contributed by atoms with van der Waals surface area (Å²) in [4.78, 5) is 23.7. The van der Waals surface area contributed by atoms with E-state index >= 15 is 0 Å². The topological polar surface area (TPSA) is 93.5 Å². The zero-order chi connectivity index (χ0) is 27.8. The molecule has 0 spiro atoms. The van der Waals surface area contributed by atoms with E-state index in [1.807, 2.05) is 25.2 Å². The summed E-state index contributed by atoms with van der Waals surface area (Å²) >= 11 is 0. The van der Waals surface area contributed by atoms with Gasteiger partial charge in [-0.05, 0) is 43.8 Å². The Kier molecular flexibility index (Phi) is 9.17. The standard InChI is InChI=1S/C30H36N6O3/c1-6-15-36(8-3)16-17-39-28-19-27(38-5)24(18-25(28)32-29(37)7-2)34-30-31-14-13-23(33-30)22-20-35(4)26-12-10-9-11-21(22)26/h7,9-14,18-20H,2,6,8,15-17H2,1,3-5H3,(H,32,37)(H,31,33,34). The second-order valence-corrected chi connectivity index (χ2v) is 9.09. The van der Waals surface area contributed by atoms with Crippen LogP contribution in [0.25, 0.3) is 22.2 Å². The molecule has 4 rings (SSSR count). The van der Waals surface area contributed by atoms with Crippen molar-refractivity contribution in [2.45, 2.75) is 20.3 Å². The summed E-state index contributed by atoms with van der Waals surface area (Å²) in [5, 5.41) is 7.20. The van der Waals surface area contributed by atoms with Gasteiger partial charge in [-0.3, -0.25) is 4.79 Å². The predicted octanol–water partition coefficient (Wildman–Crippen LogP) is 5.62. The molecular formula is C30H36N6O3. The lowest BCUT2D eigenvalue weighted by Gasteiger charge is -2.21. The van der Waals surface area contributed by atoms with Gasteiger partial charge in [0.2, 0.25) is 11.9 Å². The number of fused-ring (bicyclic) bond motifs is 1. The molecule has 0 saturated carbocycles. The highest BCUT2D eigenvalue weighted by Gasteiger charge is 2.16. The van der Waals surface area contributed by atoms with E-state index in [1.165, 1.54) is 6.08 Å². The number of ether oxygens (including phenoxy) is 2. The lowest BCUT2D eigenvalue weighted by atomic mass is 10.1. The van der Waals surface area contributed by atoms with Crippen LogP contribution in [-0.4, -0.2) is 58.7 Å². The van der Waals surface area contributed by atoms with Crippen LogP contribution in [0.2, 0.25) is 0 Å². The maximum Gasteiger partial charge on any atom is 0.247 e. The minimum Gasteiger partial charge on any atom is -0.494 e. The maximum absolute atomic E-state index is 12.2. The van der Waals surface area contributed by atoms with Gasteiger partial charge in [0.05, 0.1) is 24.2 Å². The van der Waals surface area contributed by atoms with Crippen molar-refractivity contribution in [1.29, 1.82) is 0 Å². The maximum atomic E-state index is 12.2. The van der Waals surface area contributed by atoms with Crippen molar-refractivity contribution in [3.8, 4) is 22.8 Å². The lowest BCUT2D eigenvalue weighted by molar-refractivity contribution is -0.111. The molecule has 0 aliphatic carbocycles. The van der Waals surface area contributed by atoms with Crippen molar-refractivity contribution in [3.63, 3.8) is 0 Å². The summed E-state index contributed by atoms with van der Waals surface area (Å²) in [5.41, 5.74) is 4.00. The van der Waals surface area contributed by atoms with Crippen molar-refractivity contribution in [2.24, 2.45) is 7.05 Å². The van der Waals surface area contributed by atoms with Gasteiger partial charge in [-0.1, -0.05) is 38.6 Å². The highest BCUT2D eigenvalue weighted by molar-refractivity contribution is 6.00. The van der Waals surface area contributed by atoms with E-state index in [0.29, 0.717) is 35.4 Å². The van der Waals surface area contributed by atoms with Crippen LogP contribution >= 0.6 is 0 Å². The third kappa shape index (κ3) is 6.56. The molecule has 1 amide bonds. The number of hydrogen-bond acceptors (Lipinski definition) is 7. The molecule has 2 N–H and O–H groups in total. The van der Waals surface area contributed by atoms with Crippen molar-refractivity contribution >= 4 is 34.1 Å². The number of anilines is 3. The number of rotatable bonds is 13. The van der Waals surface area contributed by atoms with Gasteiger partial charge in [0.25, 0.3) is 0 Å². The summed E-state index contributed by atoms with van der Waals surface area (Å²) in [5.74, 6) is 1.09. The number of nitrogens with one attached hydrogen (secondary N) is 2. The number of carbonyl (C=O) groups excluding carboxylic acids is 1. The molecule has 9 nitrogen and oxygen atoms in total. The number of nitrogens with zero attached hydrogens (tertiary/aromatic N) is 4. The molecule has 0 fully saturated rings. The van der Waals surface area contributed by atoms with Crippen molar-refractivity contribution < 1.29 is 14.3 Å². The summed E-state index contributed by atoms with van der Waals surface area (Å²) in [6, 6.07) is 13.6. The fourth-order valence-electron chi connectivity index (χ4n) is 4.49. The minimum absolute atomic E-state index is 0.341. The van der Waals surface area contributed by atoms with E-state index in [-0.39, 0.29) is 5.91 Å². The van der Waals surface area contributed by atoms with Crippen LogP contribution in [0.3, 0.4) is 0 Å². The lowest BCUT2D eigenvalue weighted by Crippen LogP contribution is -2.29. The highest BCUT2D eigenvalue weighted by Crippen LogP contribution is 2.38. The molecule has 0 aliphatic rings. The van der Waals surface area contributed by atoms with Gasteiger partial charge < -0.3 is 29.6 Å². The first-order valence-electron chi connectivity index (χ1n) is 13.1. The molecule has 39 heavy (non-hydrogen) atoms. The predicted molar refractivity (Wildman–Crippen MR) is 157 cm³/mol. The quantitative estimate of drug-likeness (QED) is 0.218. The molecule has 204 valence electrons. The number of aryl methyl sites for hydroxylation is 1. The molecule has 0 atom stereocenters. The molecular weight excluding hydrogens is 492 g/mol. The first-order chi connectivity index (χ1) is 19.0. The van der Waals surface area contributed by atoms with Crippen molar-refractivity contribution in [3.05, 3.63) is 67.5 Å². The Hall–Kier alpha value is -4.37. The highest BCUT2D eigenvalue weighted by atomic mass is 16.5. The van der Waals surface area contributed by atoms with Gasteiger partial charge in [0.1, 0.15) is 18.1 Å². The Labute approximate surface area is 229 Å². The first-order valence-corrected chi connectivity index (χ1v) is 13.1. The van der Waals surface area contributed by atoms with E-state index in [0.717, 1.165) is 48.2 Å². The Bertz CT molecular complexity index is 1450. The molecule has 0 saturated heterocycles. The van der Waals surface area contributed by atoms with Gasteiger partial charge in [-0.25, -0.2) is 9.97 Å². The Balaban J connectivity index is 1.63. The summed E-state index contributed by atoms with van der Waals surface area (Å²) in [6.07, 6.45) is 6.07. The van der Waals surface area contributed by atoms with E-state index in [9.17, 15) is 4.79 Å². The smallest absolute Gasteiger partial charge is 0.247 e. The minimum atomic E-state index is -0.341. The third-order valence-electron chi connectivity index (χ3n) is 6.47. The number of hydrogen-bond donors (Lipinski definition) is 2. The molecule has 0 aliphatic heterocycles. The average molecular weight is 529 g/mol. The van der Waals surface area contributed by atoms with Crippen LogP contribution in [0.1, 0.15) is 20.3 Å². The SMILES string of the molecule is C=CC(=O)Nc1cc(Nc2nccc(-c3cn(C)c4ccccc34)n2)c(OC)cc1OCCN(CC)CCC. The van der Waals surface area contributed by atoms with Crippen LogP contribution in [0.4, 0.5) is 17.3 Å². The fourth-order valence-corrected chi connectivity index (χ4v) is 4.49. The molecule has 0 bridgehead atoms. The molecule has 0 radical (unpaired) electrons. The summed E-state index contributed by atoms with van der Waals surface area (Å²) in [7, 11) is 3.60. The van der Waals surface area contributed by atoms with Gasteiger partial charge in [0.15, 0.2) is 0 Å². The number of aromatic nitrogens is 3. The Morgan fingerprint density at radius 1 is 1.13 bits per heavy atom. The van der Waals surface area contributed by atoms with Crippen LogP contribution in [0.5, 0.6) is 11.5 Å². The van der Waals surface area contributed by atoms with Gasteiger partial charge in [-0.15, -0.1) is 0 Å². The van der Waals surface area contributed by atoms with Crippen LogP contribution < -0.4 is 20.1 Å². The van der Waals surface area contributed by atoms with Gasteiger partial charge >= 0.3 is 0 Å². The van der Waals surface area contributed by atoms with Crippen LogP contribution in [-0.2, 0) is 11.8 Å². The van der Waals surface area contributed by atoms with Gasteiger partial charge in [0, 0.05) is 48.5 Å². The Morgan fingerprint density at radius 3 is 2.69 bits per heavy atom. The van der Waals surface area contributed by atoms with Gasteiger partial charge in [-0.2, -0.15) is 0 Å². The number of para-hydroxylation sites is 1. The van der Waals surface area contributed by atoms with E-state index in [4.69, 9.17) is 14.5 Å². The third-order valence-corrected chi connectivity index (χ3v) is 6.47. The number of benzene rings is 2. The van der Waals surface area contributed by atoms with Crippen LogP contribution in [0, 0.1) is 0 Å². The normalized spacial score (nSPS) is 11.0. The van der Waals surface area contributed by atoms with Crippen LogP contribution in [0.15, 0.2) is 67.5 Å². The number of likely N-dealkylation sites (N-methyl/N-ethyl adjacent to an activating group) is 1. The molecule has 4 aromatic rings. The fraction of sp³-hybridized carbons (Fsp3) is 0.300. The Morgan fingerprint density at radius 2 is 1.95 bits per heavy atom. The average Bonchev–Trinajstić information content (AvgIpc) is 3.30. The van der Waals surface area contributed by atoms with Crippen molar-refractivity contribution in [2.75, 3.05) is 44.0 Å². The summed E-state index contributed by atoms with van der Waals surface area (Å²) in [6.45, 7) is 11.0. The number of amides is 1. The second-order valence-electron chi connectivity index (χ2n) is 9.09. The van der Waals surface area contributed by atoms with Crippen molar-refractivity contribution in [1.82, 2.24) is 19.4 Å².